The van der Waals surface area contributed by atoms with E-state index in [0.29, 0.717) is 5.05 Å². The Kier molecular flexibility index (Phi) is 15.7. The number of aliphatic hydroxyl groups is 1. The SMILES string of the molecule is COC(=O)CS(=O)C(c1ccccc1)c1ccccc1.COC(=S)C(C)(c1ccccc1)c1ccccc1.OC(c1ccccc1)c1ccccc1. The fourth-order valence-electron chi connectivity index (χ4n) is 5.62. The Labute approximate surface area is 315 Å². The Morgan fingerprint density at radius 3 is 1.19 bits per heavy atom. The van der Waals surface area contributed by atoms with E-state index in [0.717, 1.165) is 33.4 Å². The Hall–Kier alpha value is -5.21. The van der Waals surface area contributed by atoms with Gasteiger partial charge >= 0.3 is 5.97 Å². The second kappa shape index (κ2) is 20.6. The predicted octanol–water partition coefficient (Wildman–Crippen LogP) is 9.43. The lowest BCUT2D eigenvalue weighted by atomic mass is 9.77. The zero-order chi connectivity index (χ0) is 37.2. The van der Waals surface area contributed by atoms with Crippen LogP contribution in [0.4, 0.5) is 0 Å². The van der Waals surface area contributed by atoms with Gasteiger partial charge in [-0.05, 0) is 52.5 Å². The number of hydrogen-bond donors (Lipinski definition) is 1. The molecule has 6 rings (SSSR count). The Morgan fingerprint density at radius 1 is 0.577 bits per heavy atom. The average Bonchev–Trinajstić information content (AvgIpc) is 3.22. The van der Waals surface area contributed by atoms with E-state index in [1.54, 1.807) is 7.11 Å². The second-order valence-corrected chi connectivity index (χ2v) is 13.8. The number of benzene rings is 6. The molecule has 52 heavy (non-hydrogen) atoms. The molecule has 0 radical (unpaired) electrons. The van der Waals surface area contributed by atoms with Gasteiger partial charge in [0, 0.05) is 10.8 Å². The molecule has 0 aromatic heterocycles. The summed E-state index contributed by atoms with van der Waals surface area (Å²) in [7, 11) is 1.57. The number of ether oxygens (including phenoxy) is 2. The number of carbonyl (C=O) groups excluding carboxylic acids is 1. The molecular weight excluding hydrogens is 685 g/mol. The molecule has 0 fully saturated rings. The third-order valence-electron chi connectivity index (χ3n) is 8.48. The summed E-state index contributed by atoms with van der Waals surface area (Å²) < 4.78 is 22.5. The van der Waals surface area contributed by atoms with Crippen molar-refractivity contribution in [2.45, 2.75) is 23.7 Å². The quantitative estimate of drug-likeness (QED) is 0.112. The van der Waals surface area contributed by atoms with Crippen LogP contribution in [0.3, 0.4) is 0 Å². The van der Waals surface area contributed by atoms with E-state index in [4.69, 9.17) is 17.0 Å². The van der Waals surface area contributed by atoms with E-state index in [2.05, 4.69) is 35.9 Å². The van der Waals surface area contributed by atoms with Gasteiger partial charge in [-0.2, -0.15) is 0 Å². The molecule has 0 amide bonds. The van der Waals surface area contributed by atoms with Crippen molar-refractivity contribution in [1.29, 1.82) is 0 Å². The standard InChI is InChI=1S/C16H16O3S.C16H16OS.C13H12O/c1-19-15(17)12-20(18)16(13-8-4-2-5-9-13)14-10-6-3-7-11-14;1-16(15(18)17-2,13-9-5-3-6-10-13)14-11-7-4-8-12-14;14-13(11-7-3-1-4-8-11)12-9-5-2-6-10-12/h2-11,16H,12H2,1H3;3-12H,1-2H3;1-10,13-14H. The normalized spacial score (nSPS) is 11.3. The summed E-state index contributed by atoms with van der Waals surface area (Å²) in [5.41, 5.74) is 5.61. The number of aliphatic hydroxyl groups excluding tert-OH is 1. The smallest absolute Gasteiger partial charge is 0.318 e. The van der Waals surface area contributed by atoms with Crippen LogP contribution in [0.5, 0.6) is 0 Å². The Balaban J connectivity index is 0.000000177. The highest BCUT2D eigenvalue weighted by molar-refractivity contribution is 7.86. The van der Waals surface area contributed by atoms with E-state index >= 15 is 0 Å². The van der Waals surface area contributed by atoms with Crippen LogP contribution in [0.1, 0.15) is 51.7 Å². The van der Waals surface area contributed by atoms with Crippen molar-refractivity contribution in [3.8, 4) is 0 Å². The van der Waals surface area contributed by atoms with Gasteiger partial charge < -0.3 is 14.6 Å². The highest BCUT2D eigenvalue weighted by atomic mass is 32.2. The number of carbonyl (C=O) groups is 1. The van der Waals surface area contributed by atoms with Crippen LogP contribution in [0.25, 0.3) is 0 Å². The molecule has 1 unspecified atom stereocenters. The van der Waals surface area contributed by atoms with E-state index in [1.807, 2.05) is 158 Å². The summed E-state index contributed by atoms with van der Waals surface area (Å²) in [6, 6.07) is 58.9. The van der Waals surface area contributed by atoms with Crippen molar-refractivity contribution in [2.75, 3.05) is 20.0 Å². The van der Waals surface area contributed by atoms with Gasteiger partial charge in [-0.3, -0.25) is 9.00 Å². The molecule has 0 aliphatic carbocycles. The van der Waals surface area contributed by atoms with Crippen LogP contribution in [0.15, 0.2) is 182 Å². The average molecular weight is 729 g/mol. The Morgan fingerprint density at radius 2 is 0.885 bits per heavy atom. The molecule has 266 valence electrons. The van der Waals surface area contributed by atoms with Crippen molar-refractivity contribution >= 4 is 34.0 Å². The van der Waals surface area contributed by atoms with Crippen LogP contribution in [-0.4, -0.2) is 40.3 Å². The molecule has 1 atom stereocenters. The molecule has 0 saturated heterocycles. The number of rotatable bonds is 10. The zero-order valence-electron chi connectivity index (χ0n) is 29.6. The first-order chi connectivity index (χ1) is 25.3. The monoisotopic (exact) mass is 728 g/mol. The predicted molar refractivity (Wildman–Crippen MR) is 216 cm³/mol. The maximum Gasteiger partial charge on any atom is 0.318 e. The van der Waals surface area contributed by atoms with Crippen molar-refractivity contribution in [1.82, 2.24) is 0 Å². The molecule has 6 aromatic carbocycles. The molecule has 0 bridgehead atoms. The van der Waals surface area contributed by atoms with Crippen molar-refractivity contribution in [3.63, 3.8) is 0 Å². The number of methoxy groups -OCH3 is 2. The molecule has 0 heterocycles. The van der Waals surface area contributed by atoms with Crippen LogP contribution >= 0.6 is 12.2 Å². The highest BCUT2D eigenvalue weighted by Crippen LogP contribution is 2.34. The highest BCUT2D eigenvalue weighted by Gasteiger charge is 2.34. The zero-order valence-corrected chi connectivity index (χ0v) is 31.2. The summed E-state index contributed by atoms with van der Waals surface area (Å²) >= 11 is 5.43. The minimum Gasteiger partial charge on any atom is -0.489 e. The molecule has 0 aliphatic heterocycles. The summed E-state index contributed by atoms with van der Waals surface area (Å²) in [4.78, 5) is 11.4. The molecule has 0 aliphatic rings. The van der Waals surface area contributed by atoms with Gasteiger partial charge in [0.25, 0.3) is 0 Å². The fraction of sp³-hybridized carbons (Fsp3) is 0.156. The molecule has 0 spiro atoms. The first kappa shape index (κ1) is 39.6. The summed E-state index contributed by atoms with van der Waals surface area (Å²) in [6.45, 7) is 2.10. The Bertz CT molecular complexity index is 1820. The first-order valence-electron chi connectivity index (χ1n) is 16.8. The van der Waals surface area contributed by atoms with E-state index in [9.17, 15) is 14.1 Å². The maximum absolute atomic E-state index is 12.5. The molecule has 0 saturated carbocycles. The van der Waals surface area contributed by atoms with Gasteiger partial charge in [0.15, 0.2) is 5.05 Å². The summed E-state index contributed by atoms with van der Waals surface area (Å²) in [5.74, 6) is -0.564. The minimum atomic E-state index is -1.36. The fourth-order valence-corrected chi connectivity index (χ4v) is 7.30. The largest absolute Gasteiger partial charge is 0.489 e. The van der Waals surface area contributed by atoms with Gasteiger partial charge in [0.2, 0.25) is 0 Å². The lowest BCUT2D eigenvalue weighted by Gasteiger charge is -2.30. The van der Waals surface area contributed by atoms with Gasteiger partial charge in [0.1, 0.15) is 11.9 Å². The van der Waals surface area contributed by atoms with Crippen LogP contribution in [0, 0.1) is 0 Å². The number of esters is 1. The third-order valence-corrected chi connectivity index (χ3v) is 10.6. The van der Waals surface area contributed by atoms with Gasteiger partial charge in [-0.25, -0.2) is 0 Å². The molecule has 5 nitrogen and oxygen atoms in total. The topological polar surface area (TPSA) is 72.8 Å². The lowest BCUT2D eigenvalue weighted by Crippen LogP contribution is -2.33. The van der Waals surface area contributed by atoms with Crippen LogP contribution in [0.2, 0.25) is 0 Å². The molecule has 1 N–H and O–H groups in total. The molecule has 7 heteroatoms. The minimum absolute atomic E-state index is 0.106. The van der Waals surface area contributed by atoms with Crippen LogP contribution < -0.4 is 0 Å². The van der Waals surface area contributed by atoms with Gasteiger partial charge in [0.05, 0.1) is 24.9 Å². The van der Waals surface area contributed by atoms with Crippen molar-refractivity contribution in [3.05, 3.63) is 215 Å². The van der Waals surface area contributed by atoms with Gasteiger partial charge in [-0.15, -0.1) is 0 Å². The van der Waals surface area contributed by atoms with E-state index < -0.39 is 28.3 Å². The maximum atomic E-state index is 12.5. The van der Waals surface area contributed by atoms with Crippen LogP contribution in [-0.2, 0) is 30.5 Å². The van der Waals surface area contributed by atoms with E-state index in [-0.39, 0.29) is 11.0 Å². The third kappa shape index (κ3) is 10.9. The lowest BCUT2D eigenvalue weighted by molar-refractivity contribution is -0.137. The van der Waals surface area contributed by atoms with Crippen molar-refractivity contribution in [2.24, 2.45) is 0 Å². The number of hydrogen-bond acceptors (Lipinski definition) is 6. The van der Waals surface area contributed by atoms with Crippen molar-refractivity contribution < 1.29 is 23.6 Å². The number of thiocarbonyl (C=S) groups is 1. The molecule has 6 aromatic rings. The second-order valence-electron chi connectivity index (χ2n) is 11.9. The summed E-state index contributed by atoms with van der Waals surface area (Å²) in [6.07, 6.45) is -0.516. The summed E-state index contributed by atoms with van der Waals surface area (Å²) in [5, 5.41) is 10.3. The van der Waals surface area contributed by atoms with Gasteiger partial charge in [-0.1, -0.05) is 182 Å². The first-order valence-corrected chi connectivity index (χ1v) is 18.6. The molecular formula is C45H44O5S2. The van der Waals surface area contributed by atoms with E-state index in [1.165, 1.54) is 7.11 Å².